The third kappa shape index (κ3) is 7.33. The van der Waals surface area contributed by atoms with Crippen molar-refractivity contribution in [1.82, 2.24) is 4.57 Å². The topological polar surface area (TPSA) is 11.4 Å². The van der Waals surface area contributed by atoms with Gasteiger partial charge in [-0.1, -0.05) is 158 Å². The Labute approximate surface area is 423 Å². The van der Waals surface area contributed by atoms with Gasteiger partial charge in [-0.2, -0.15) is 0 Å². The Hall–Kier alpha value is -8.14. The number of benzene rings is 10. The maximum absolute atomic E-state index is 2.61. The van der Waals surface area contributed by atoms with E-state index < -0.39 is 0 Å². The second-order valence-electron chi connectivity index (χ2n) is 21.0. The smallest absolute Gasteiger partial charge is 0.0562 e. The number of aromatic nitrogens is 1. The molecule has 0 amide bonds. The van der Waals surface area contributed by atoms with Gasteiger partial charge in [0.25, 0.3) is 0 Å². The first-order valence-electron chi connectivity index (χ1n) is 26.3. The molecule has 10 aromatic carbocycles. The van der Waals surface area contributed by atoms with E-state index >= 15 is 0 Å². The number of nitrogens with zero attached hydrogens (tertiary/aromatic N) is 3. The predicted octanol–water partition coefficient (Wildman–Crippen LogP) is 19.1. The van der Waals surface area contributed by atoms with E-state index in [9.17, 15) is 0 Å². The van der Waals surface area contributed by atoms with Crippen LogP contribution in [-0.2, 0) is 5.41 Å². The fraction of sp³-hybridized carbons (Fsp3) is 0.159. The van der Waals surface area contributed by atoms with Crippen molar-refractivity contribution in [2.75, 3.05) is 9.80 Å². The summed E-state index contributed by atoms with van der Waals surface area (Å²) in [6, 6.07) is 89.8. The van der Waals surface area contributed by atoms with Crippen molar-refractivity contribution in [3.8, 4) is 27.9 Å². The highest BCUT2D eigenvalue weighted by molar-refractivity contribution is 6.16. The van der Waals surface area contributed by atoms with Crippen LogP contribution in [0.2, 0.25) is 0 Å². The van der Waals surface area contributed by atoms with Crippen LogP contribution in [-0.4, -0.2) is 4.57 Å². The summed E-state index contributed by atoms with van der Waals surface area (Å²) < 4.78 is 2.41. The van der Waals surface area contributed by atoms with E-state index in [-0.39, 0.29) is 5.41 Å². The van der Waals surface area contributed by atoms with Crippen molar-refractivity contribution in [3.05, 3.63) is 248 Å². The zero-order chi connectivity index (χ0) is 47.6. The lowest BCUT2D eigenvalue weighted by Crippen LogP contribution is -2.46. The third-order valence-corrected chi connectivity index (χ3v) is 17.0. The number of hydrogen-bond donors (Lipinski definition) is 0. The summed E-state index contributed by atoms with van der Waals surface area (Å²) in [5, 5.41) is 5.22. The maximum atomic E-state index is 2.61. The lowest BCUT2D eigenvalue weighted by Gasteiger charge is -2.55. The van der Waals surface area contributed by atoms with Crippen LogP contribution in [0.1, 0.15) is 50.5 Å². The predicted molar refractivity (Wildman–Crippen MR) is 303 cm³/mol. The molecule has 0 aliphatic heterocycles. The fourth-order valence-electron chi connectivity index (χ4n) is 13.8. The molecule has 3 heteroatoms. The van der Waals surface area contributed by atoms with Crippen LogP contribution < -0.4 is 9.80 Å². The molecule has 11 aromatic rings. The molecule has 4 unspecified atom stereocenters. The highest BCUT2D eigenvalue weighted by atomic mass is 15.2. The lowest BCUT2D eigenvalue weighted by molar-refractivity contribution is 0.0103. The van der Waals surface area contributed by atoms with E-state index in [0.29, 0.717) is 0 Å². The van der Waals surface area contributed by atoms with Gasteiger partial charge in [0.2, 0.25) is 0 Å². The quantitative estimate of drug-likeness (QED) is 0.135. The number of rotatable bonds is 10. The van der Waals surface area contributed by atoms with Crippen molar-refractivity contribution in [1.29, 1.82) is 0 Å². The Balaban J connectivity index is 0.889. The van der Waals surface area contributed by atoms with E-state index in [1.807, 2.05) is 0 Å². The summed E-state index contributed by atoms with van der Waals surface area (Å²) in [5.74, 6) is 2.67. The van der Waals surface area contributed by atoms with E-state index in [1.54, 1.807) is 5.56 Å². The van der Waals surface area contributed by atoms with E-state index in [0.717, 1.165) is 46.2 Å². The van der Waals surface area contributed by atoms with Crippen molar-refractivity contribution >= 4 is 66.7 Å². The minimum atomic E-state index is 0.243. The summed E-state index contributed by atoms with van der Waals surface area (Å²) in [6.07, 6.45) is 9.70. The first kappa shape index (κ1) is 42.7. The Morgan fingerprint density at radius 3 is 1.76 bits per heavy atom. The highest BCUT2D eigenvalue weighted by Crippen LogP contribution is 2.60. The lowest BCUT2D eigenvalue weighted by atomic mass is 9.49. The number of anilines is 6. The van der Waals surface area contributed by atoms with Gasteiger partial charge in [0.1, 0.15) is 0 Å². The molecule has 72 heavy (non-hydrogen) atoms. The number of para-hydroxylation sites is 3. The largest absolute Gasteiger partial charge is 0.310 e. The summed E-state index contributed by atoms with van der Waals surface area (Å²) in [7, 11) is 0. The van der Waals surface area contributed by atoms with E-state index in [4.69, 9.17) is 0 Å². The molecule has 0 spiro atoms. The fourth-order valence-corrected chi connectivity index (χ4v) is 13.8. The second kappa shape index (κ2) is 17.6. The molecule has 3 nitrogen and oxygen atoms in total. The van der Waals surface area contributed by atoms with Gasteiger partial charge in [0.15, 0.2) is 0 Å². The highest BCUT2D eigenvalue weighted by Gasteiger charge is 2.50. The van der Waals surface area contributed by atoms with Crippen molar-refractivity contribution in [3.63, 3.8) is 0 Å². The van der Waals surface area contributed by atoms with Crippen molar-refractivity contribution < 1.29 is 0 Å². The average Bonchev–Trinajstić information content (AvgIpc) is 3.79. The van der Waals surface area contributed by atoms with Gasteiger partial charge in [-0.25, -0.2) is 0 Å². The van der Waals surface area contributed by atoms with Crippen LogP contribution in [0.4, 0.5) is 34.1 Å². The van der Waals surface area contributed by atoms with Crippen LogP contribution in [0.3, 0.4) is 0 Å². The third-order valence-electron chi connectivity index (χ3n) is 17.0. The second-order valence-corrected chi connectivity index (χ2v) is 21.0. The monoisotopic (exact) mass is 927 g/mol. The summed E-state index contributed by atoms with van der Waals surface area (Å²) in [6.45, 7) is 0. The molecule has 0 saturated heterocycles. The Morgan fingerprint density at radius 2 is 0.986 bits per heavy atom. The molecule has 348 valence electrons. The minimum absolute atomic E-state index is 0.243. The van der Waals surface area contributed by atoms with Gasteiger partial charge in [-0.3, -0.25) is 0 Å². The molecule has 3 saturated carbocycles. The Kier molecular flexibility index (Phi) is 10.4. The normalized spacial score (nSPS) is 19.2. The molecule has 3 bridgehead atoms. The molecule has 14 rings (SSSR count). The van der Waals surface area contributed by atoms with Crippen LogP contribution in [0, 0.1) is 17.8 Å². The number of hydrogen-bond acceptors (Lipinski definition) is 2. The molecular formula is C69H57N3. The zero-order valence-electron chi connectivity index (χ0n) is 40.6. The van der Waals surface area contributed by atoms with Crippen LogP contribution in [0.15, 0.2) is 243 Å². The Bertz CT molecular complexity index is 3760. The van der Waals surface area contributed by atoms with E-state index in [2.05, 4.69) is 257 Å². The van der Waals surface area contributed by atoms with Crippen LogP contribution in [0.5, 0.6) is 0 Å². The van der Waals surface area contributed by atoms with Gasteiger partial charge >= 0.3 is 0 Å². The van der Waals surface area contributed by atoms with Crippen LogP contribution in [0.25, 0.3) is 60.5 Å². The Morgan fingerprint density at radius 1 is 0.389 bits per heavy atom. The van der Waals surface area contributed by atoms with Gasteiger partial charge in [-0.05, 0) is 191 Å². The average molecular weight is 928 g/mol. The molecular weight excluding hydrogens is 871 g/mol. The first-order valence-corrected chi connectivity index (χ1v) is 26.3. The van der Waals surface area contributed by atoms with Gasteiger partial charge in [0.05, 0.1) is 16.7 Å². The van der Waals surface area contributed by atoms with E-state index in [1.165, 1.54) is 111 Å². The van der Waals surface area contributed by atoms with Crippen LogP contribution >= 0.6 is 0 Å². The van der Waals surface area contributed by atoms with Crippen molar-refractivity contribution in [2.45, 2.75) is 50.4 Å². The molecule has 3 aliphatic rings. The maximum Gasteiger partial charge on any atom is 0.0562 e. The molecule has 0 radical (unpaired) electrons. The molecule has 1 heterocycles. The van der Waals surface area contributed by atoms with Gasteiger partial charge < -0.3 is 14.4 Å². The molecule has 3 fully saturated rings. The number of fused-ring (bicyclic) bond motifs is 6. The van der Waals surface area contributed by atoms with Crippen molar-refractivity contribution in [2.24, 2.45) is 17.8 Å². The summed E-state index contributed by atoms with van der Waals surface area (Å²) in [4.78, 5) is 4.96. The molecule has 3 aliphatic carbocycles. The molecule has 1 aromatic heterocycles. The SMILES string of the molecule is c1ccc(-c2cccc(N(c3ccc(-c4cccc(N(c5ccccc5)c5cc(C67CCC8CCC(CC8C6)C7)c6ccccc6c5)c4)cc3)c3cccc4c3c3ccccc3n4-c3ccccc3)c2)cc1. The molecule has 0 N–H and O–H groups in total. The van der Waals surface area contributed by atoms with Gasteiger partial charge in [-0.15, -0.1) is 0 Å². The van der Waals surface area contributed by atoms with Gasteiger partial charge in [0, 0.05) is 44.9 Å². The minimum Gasteiger partial charge on any atom is -0.310 e. The zero-order valence-corrected chi connectivity index (χ0v) is 40.6. The first-order chi connectivity index (χ1) is 35.6. The summed E-state index contributed by atoms with van der Waals surface area (Å²) in [5.41, 5.74) is 17.0. The molecule has 4 atom stereocenters. The summed E-state index contributed by atoms with van der Waals surface area (Å²) >= 11 is 0. The standard InChI is InChI=1S/C69H57N3/c1-4-17-49(18-5-1)52-20-15-27-60(43-52)71(66-31-16-32-67-68(66)63-29-12-13-30-65(63)72(67)57-24-8-3-9-25-57)58-37-35-50(36-38-58)53-21-14-26-59(42-53)70(56-22-6-2-7-23-56)61-44-54-19-10-11-28-62(54)64(45-61)69-40-39-51-34-33-48(46-69)41-55(51)47-69/h1-32,35-38,42-45,48,51,55H,33-34,39-41,46-47H2.